The summed E-state index contributed by atoms with van der Waals surface area (Å²) in [6, 6.07) is 75.9. The van der Waals surface area contributed by atoms with Crippen LogP contribution in [0.15, 0.2) is 200 Å². The maximum Gasteiger partial charge on any atom is 0.333 e. The summed E-state index contributed by atoms with van der Waals surface area (Å²) >= 11 is 0. The SMILES string of the molecule is CC(C)(C)c1ccc2c(c1)c1cc(C(C)(C)C)cc3c1n2B1c2cc4c(cc2N(c2ccc5c(c2)c2ccccc2n5-c2ccccc2)c2cc5ccccc5c-3c21)c1ccccc1n4-c1ccccc1. The van der Waals surface area contributed by atoms with Crippen molar-refractivity contribution in [3.8, 4) is 22.5 Å². The third-order valence-corrected chi connectivity index (χ3v) is 16.0. The minimum Gasteiger partial charge on any atom is -0.375 e. The van der Waals surface area contributed by atoms with Crippen LogP contribution < -0.4 is 15.8 Å². The van der Waals surface area contributed by atoms with Crippen LogP contribution in [0.3, 0.4) is 0 Å². The number of nitrogens with zero attached hydrogens (tertiary/aromatic N) is 4. The monoisotopic (exact) mass is 910 g/mol. The first kappa shape index (κ1) is 40.6. The number of benzene rings is 10. The van der Waals surface area contributed by atoms with E-state index in [1.54, 1.807) is 0 Å². The van der Waals surface area contributed by atoms with Gasteiger partial charge >= 0.3 is 6.85 Å². The summed E-state index contributed by atoms with van der Waals surface area (Å²) < 4.78 is 7.65. The number of para-hydroxylation sites is 4. The zero-order valence-electron chi connectivity index (χ0n) is 40.9. The molecule has 0 amide bonds. The van der Waals surface area contributed by atoms with Gasteiger partial charge in [-0.2, -0.15) is 0 Å². The van der Waals surface area contributed by atoms with Crippen molar-refractivity contribution in [1.82, 2.24) is 13.6 Å². The molecule has 13 aromatic rings. The van der Waals surface area contributed by atoms with Crippen LogP contribution in [0.25, 0.3) is 98.7 Å². The summed E-state index contributed by atoms with van der Waals surface area (Å²) in [5.41, 5.74) is 21.2. The van der Waals surface area contributed by atoms with E-state index in [9.17, 15) is 0 Å². The minimum atomic E-state index is -0.125. The smallest absolute Gasteiger partial charge is 0.333 e. The summed E-state index contributed by atoms with van der Waals surface area (Å²) in [6.45, 7) is 14.0. The molecule has 0 saturated heterocycles. The van der Waals surface area contributed by atoms with E-state index in [1.165, 1.54) is 121 Å². The Morgan fingerprint density at radius 2 is 0.915 bits per heavy atom. The van der Waals surface area contributed by atoms with Crippen molar-refractivity contribution in [3.63, 3.8) is 0 Å². The summed E-state index contributed by atoms with van der Waals surface area (Å²) in [4.78, 5) is 2.62. The van der Waals surface area contributed by atoms with Crippen LogP contribution in [0.1, 0.15) is 52.7 Å². The third-order valence-electron chi connectivity index (χ3n) is 16.0. The molecule has 0 saturated carbocycles. The van der Waals surface area contributed by atoms with E-state index in [0.717, 1.165) is 17.1 Å². The summed E-state index contributed by atoms with van der Waals surface area (Å²) in [5.74, 6) is 0. The second kappa shape index (κ2) is 14.2. The first-order chi connectivity index (χ1) is 34.5. The average molecular weight is 911 g/mol. The molecule has 2 aliphatic heterocycles. The maximum absolute atomic E-state index is 2.74. The van der Waals surface area contributed by atoms with Gasteiger partial charge in [-0.15, -0.1) is 0 Å². The zero-order chi connectivity index (χ0) is 47.7. The van der Waals surface area contributed by atoms with Gasteiger partial charge in [0.15, 0.2) is 0 Å². The standard InChI is InChI=1S/C66H51BN4/c1-65(2,3)41-29-31-58-49(34-41)52-35-42(66(4,5)6)36-53-62-46-24-14-13-19-40(46)33-61-63(62)67(71(58)64(52)53)54-39-59-51(48-26-16-18-28-56(48)69(59)44-22-11-8-12-23-44)38-60(54)70(61)45-30-32-57-50(37-45)47-25-15-17-27-55(47)68(57)43-20-9-7-10-21-43/h7-39H,1-6H3. The van der Waals surface area contributed by atoms with Crippen LogP contribution in [-0.4, -0.2) is 20.5 Å². The van der Waals surface area contributed by atoms with Gasteiger partial charge < -0.3 is 18.5 Å². The van der Waals surface area contributed by atoms with Crippen LogP contribution in [0.4, 0.5) is 17.1 Å². The van der Waals surface area contributed by atoms with E-state index in [0.29, 0.717) is 0 Å². The number of hydrogen-bond acceptors (Lipinski definition) is 1. The highest BCUT2D eigenvalue weighted by Crippen LogP contribution is 2.51. The second-order valence-corrected chi connectivity index (χ2v) is 22.2. The van der Waals surface area contributed by atoms with Gasteiger partial charge in [0, 0.05) is 77.4 Å². The number of anilines is 3. The Morgan fingerprint density at radius 1 is 0.366 bits per heavy atom. The number of aromatic nitrogens is 3. The molecule has 71 heavy (non-hydrogen) atoms. The predicted octanol–water partition coefficient (Wildman–Crippen LogP) is 16.2. The Labute approximate surface area is 413 Å². The summed E-state index contributed by atoms with van der Waals surface area (Å²) in [7, 11) is 0. The molecule has 0 radical (unpaired) electrons. The fourth-order valence-corrected chi connectivity index (χ4v) is 12.7. The lowest BCUT2D eigenvalue weighted by atomic mass is 9.44. The summed E-state index contributed by atoms with van der Waals surface area (Å²) in [5, 5.41) is 10.1. The van der Waals surface area contributed by atoms with Crippen LogP contribution in [-0.2, 0) is 10.8 Å². The quantitative estimate of drug-likeness (QED) is 0.162. The number of hydrogen-bond donors (Lipinski definition) is 0. The molecule has 2 aliphatic rings. The second-order valence-electron chi connectivity index (χ2n) is 22.2. The fraction of sp³-hybridized carbons (Fsp3) is 0.121. The Hall–Kier alpha value is -8.28. The Balaban J connectivity index is 1.13. The largest absolute Gasteiger partial charge is 0.375 e. The van der Waals surface area contributed by atoms with Crippen LogP contribution in [0, 0.1) is 0 Å². The molecule has 4 nitrogen and oxygen atoms in total. The molecule has 5 heterocycles. The van der Waals surface area contributed by atoms with E-state index in [2.05, 4.69) is 260 Å². The Bertz CT molecular complexity index is 4420. The molecule has 3 aromatic heterocycles. The van der Waals surface area contributed by atoms with Gasteiger partial charge in [0.2, 0.25) is 0 Å². The van der Waals surface area contributed by atoms with Gasteiger partial charge in [0.1, 0.15) is 0 Å². The van der Waals surface area contributed by atoms with Gasteiger partial charge in [0.25, 0.3) is 0 Å². The van der Waals surface area contributed by atoms with E-state index >= 15 is 0 Å². The molecule has 10 aromatic carbocycles. The average Bonchev–Trinajstić information content (AvgIpc) is 4.02. The summed E-state index contributed by atoms with van der Waals surface area (Å²) in [6.07, 6.45) is 0. The Kier molecular flexibility index (Phi) is 8.10. The topological polar surface area (TPSA) is 18.0 Å². The number of rotatable bonds is 3. The van der Waals surface area contributed by atoms with Gasteiger partial charge in [-0.3, -0.25) is 0 Å². The molecule has 338 valence electrons. The molecular weight excluding hydrogens is 860 g/mol. The van der Waals surface area contributed by atoms with Crippen LogP contribution in [0.2, 0.25) is 0 Å². The Morgan fingerprint density at radius 3 is 1.59 bits per heavy atom. The van der Waals surface area contributed by atoms with E-state index < -0.39 is 0 Å². The van der Waals surface area contributed by atoms with Crippen molar-refractivity contribution in [2.45, 2.75) is 52.4 Å². The van der Waals surface area contributed by atoms with Crippen molar-refractivity contribution in [3.05, 3.63) is 211 Å². The highest BCUT2D eigenvalue weighted by Gasteiger charge is 2.44. The lowest BCUT2D eigenvalue weighted by molar-refractivity contribution is 0.590. The van der Waals surface area contributed by atoms with E-state index in [-0.39, 0.29) is 17.7 Å². The molecular formula is C66H51BN4. The number of fused-ring (bicyclic) bond motifs is 15. The van der Waals surface area contributed by atoms with E-state index in [1.807, 2.05) is 0 Å². The minimum absolute atomic E-state index is 0.0114. The molecule has 0 spiro atoms. The van der Waals surface area contributed by atoms with Gasteiger partial charge in [-0.25, -0.2) is 0 Å². The normalized spacial score (nSPS) is 13.4. The first-order valence-electron chi connectivity index (χ1n) is 25.2. The van der Waals surface area contributed by atoms with E-state index in [4.69, 9.17) is 0 Å². The lowest BCUT2D eigenvalue weighted by Gasteiger charge is -2.41. The predicted molar refractivity (Wildman–Crippen MR) is 304 cm³/mol. The van der Waals surface area contributed by atoms with Gasteiger partial charge in [-0.05, 0) is 146 Å². The van der Waals surface area contributed by atoms with Crippen LogP contribution >= 0.6 is 0 Å². The van der Waals surface area contributed by atoms with Crippen molar-refractivity contribution >= 4 is 111 Å². The maximum atomic E-state index is 2.74. The van der Waals surface area contributed by atoms with Crippen molar-refractivity contribution < 1.29 is 0 Å². The van der Waals surface area contributed by atoms with Gasteiger partial charge in [0.05, 0.1) is 22.1 Å². The van der Waals surface area contributed by atoms with Gasteiger partial charge in [-0.1, -0.05) is 145 Å². The molecule has 0 unspecified atom stereocenters. The third kappa shape index (κ3) is 5.58. The molecule has 0 bridgehead atoms. The lowest BCUT2D eigenvalue weighted by Crippen LogP contribution is -2.56. The molecule has 0 atom stereocenters. The highest BCUT2D eigenvalue weighted by molar-refractivity contribution is 6.90. The molecule has 0 aliphatic carbocycles. The molecule has 0 N–H and O–H groups in total. The zero-order valence-corrected chi connectivity index (χ0v) is 40.9. The fourth-order valence-electron chi connectivity index (χ4n) is 12.7. The van der Waals surface area contributed by atoms with Crippen molar-refractivity contribution in [2.24, 2.45) is 0 Å². The highest BCUT2D eigenvalue weighted by atomic mass is 15.2. The molecule has 15 rings (SSSR count). The first-order valence-corrected chi connectivity index (χ1v) is 25.2. The van der Waals surface area contributed by atoms with Crippen LogP contribution in [0.5, 0.6) is 0 Å². The molecule has 0 fully saturated rings. The van der Waals surface area contributed by atoms with Crippen molar-refractivity contribution in [2.75, 3.05) is 4.90 Å². The van der Waals surface area contributed by atoms with Crippen molar-refractivity contribution in [1.29, 1.82) is 0 Å². The molecule has 5 heteroatoms.